The number of fused-ring (bicyclic) bond motifs is 1. The van der Waals surface area contributed by atoms with Crippen molar-refractivity contribution in [2.45, 2.75) is 46.0 Å². The highest BCUT2D eigenvalue weighted by molar-refractivity contribution is 5.97. The molecule has 0 unspecified atom stereocenters. The molecule has 25 heavy (non-hydrogen) atoms. The highest BCUT2D eigenvalue weighted by atomic mass is 16.5. The number of benzene rings is 1. The smallest absolute Gasteiger partial charge is 0.164 e. The van der Waals surface area contributed by atoms with Gasteiger partial charge in [-0.1, -0.05) is 51.0 Å². The van der Waals surface area contributed by atoms with E-state index in [1.807, 2.05) is 24.3 Å². The van der Waals surface area contributed by atoms with Crippen LogP contribution in [-0.4, -0.2) is 20.0 Å². The predicted molar refractivity (Wildman–Crippen MR) is 100 cm³/mol. The minimum Gasteiger partial charge on any atom is -0.493 e. The summed E-state index contributed by atoms with van der Waals surface area (Å²) in [6.07, 6.45) is 9.16. The van der Waals surface area contributed by atoms with Crippen LogP contribution in [0, 0.1) is 10.8 Å². The molecule has 1 fully saturated rings. The summed E-state index contributed by atoms with van der Waals surface area (Å²) in [6.45, 7) is 6.85. The fourth-order valence-corrected chi connectivity index (χ4v) is 4.87. The lowest BCUT2D eigenvalue weighted by Crippen LogP contribution is -2.40. The second-order valence-corrected chi connectivity index (χ2v) is 8.04. The minimum atomic E-state index is -0.197. The Kier molecular flexibility index (Phi) is 4.52. The first-order valence-electron chi connectivity index (χ1n) is 8.98. The van der Waals surface area contributed by atoms with Gasteiger partial charge in [0.05, 0.1) is 20.1 Å². The van der Waals surface area contributed by atoms with Crippen LogP contribution in [0.5, 0.6) is 11.5 Å². The number of hydrogen-bond donors (Lipinski definition) is 0. The zero-order valence-corrected chi connectivity index (χ0v) is 15.9. The van der Waals surface area contributed by atoms with Crippen molar-refractivity contribution in [3.8, 4) is 11.5 Å². The quantitative estimate of drug-likeness (QED) is 0.771. The van der Waals surface area contributed by atoms with Gasteiger partial charge >= 0.3 is 0 Å². The van der Waals surface area contributed by atoms with E-state index in [4.69, 9.17) is 9.47 Å². The number of ether oxygens (including phenoxy) is 2. The van der Waals surface area contributed by atoms with Crippen molar-refractivity contribution in [1.29, 1.82) is 0 Å². The molecule has 2 aliphatic rings. The van der Waals surface area contributed by atoms with Crippen LogP contribution in [0.15, 0.2) is 42.0 Å². The Bertz CT molecular complexity index is 742. The van der Waals surface area contributed by atoms with Crippen molar-refractivity contribution in [2.24, 2.45) is 10.8 Å². The third-order valence-corrected chi connectivity index (χ3v) is 6.03. The van der Waals surface area contributed by atoms with Crippen molar-refractivity contribution in [3.63, 3.8) is 0 Å². The Morgan fingerprint density at radius 2 is 1.76 bits per heavy atom. The maximum atomic E-state index is 13.0. The largest absolute Gasteiger partial charge is 0.493 e. The zero-order valence-electron chi connectivity index (χ0n) is 15.9. The first-order chi connectivity index (χ1) is 11.8. The van der Waals surface area contributed by atoms with Crippen LogP contribution in [0.2, 0.25) is 0 Å². The number of ketones is 1. The van der Waals surface area contributed by atoms with Gasteiger partial charge in [0.25, 0.3) is 0 Å². The summed E-state index contributed by atoms with van der Waals surface area (Å²) in [5.41, 5.74) is 2.31. The summed E-state index contributed by atoms with van der Waals surface area (Å²) in [6, 6.07) is 5.87. The summed E-state index contributed by atoms with van der Waals surface area (Å²) in [4.78, 5) is 13.0. The van der Waals surface area contributed by atoms with Crippen molar-refractivity contribution in [1.82, 2.24) is 0 Å². The van der Waals surface area contributed by atoms with Crippen molar-refractivity contribution < 1.29 is 14.3 Å². The van der Waals surface area contributed by atoms with E-state index >= 15 is 0 Å². The van der Waals surface area contributed by atoms with Gasteiger partial charge in [0.1, 0.15) is 0 Å². The van der Waals surface area contributed by atoms with Crippen molar-refractivity contribution in [3.05, 3.63) is 47.6 Å². The molecule has 1 saturated carbocycles. The van der Waals surface area contributed by atoms with Crippen LogP contribution in [0.3, 0.4) is 0 Å². The first-order valence-corrected chi connectivity index (χ1v) is 8.98. The van der Waals surface area contributed by atoms with E-state index in [1.54, 1.807) is 20.3 Å². The van der Waals surface area contributed by atoms with E-state index in [0.29, 0.717) is 11.5 Å². The van der Waals surface area contributed by atoms with Crippen LogP contribution < -0.4 is 9.47 Å². The molecule has 134 valence electrons. The van der Waals surface area contributed by atoms with Crippen molar-refractivity contribution >= 4 is 5.78 Å². The monoisotopic (exact) mass is 340 g/mol. The number of hydrogen-bond acceptors (Lipinski definition) is 3. The van der Waals surface area contributed by atoms with Gasteiger partial charge in [-0.2, -0.15) is 0 Å². The SMILES string of the molecule is COc1ccc([C@@H]2C(=O)C=CC=C3C(C)(C)CCC[C@@]32C)cc1OC. The molecule has 0 radical (unpaired) electrons. The topological polar surface area (TPSA) is 35.5 Å². The maximum absolute atomic E-state index is 13.0. The van der Waals surface area contributed by atoms with Gasteiger partial charge < -0.3 is 9.47 Å². The van der Waals surface area contributed by atoms with Gasteiger partial charge in [-0.15, -0.1) is 0 Å². The lowest BCUT2D eigenvalue weighted by molar-refractivity contribution is -0.118. The summed E-state index contributed by atoms with van der Waals surface area (Å²) >= 11 is 0. The van der Waals surface area contributed by atoms with Crippen LogP contribution in [0.4, 0.5) is 0 Å². The number of allylic oxidation sites excluding steroid dienone is 4. The molecule has 0 heterocycles. The van der Waals surface area contributed by atoms with E-state index in [1.165, 1.54) is 5.57 Å². The standard InChI is InChI=1S/C22H28O3/c1-21(2)12-7-13-22(3)19(21)9-6-8-16(23)20(22)15-10-11-17(24-4)18(14-15)25-5/h6,8-11,14,20H,7,12-13H2,1-5H3/t20-,22+/m1/s1. The molecule has 0 N–H and O–H groups in total. The number of carbonyl (C=O) groups is 1. The number of carbonyl (C=O) groups excluding carboxylic acids is 1. The molecule has 3 rings (SSSR count). The van der Waals surface area contributed by atoms with Crippen LogP contribution >= 0.6 is 0 Å². The Balaban J connectivity index is 2.15. The average molecular weight is 340 g/mol. The lowest BCUT2D eigenvalue weighted by Gasteiger charge is -2.49. The third-order valence-electron chi connectivity index (χ3n) is 6.03. The molecule has 0 aromatic heterocycles. The molecular formula is C22H28O3. The molecule has 2 aliphatic carbocycles. The fraction of sp³-hybridized carbons (Fsp3) is 0.500. The van der Waals surface area contributed by atoms with E-state index in [2.05, 4.69) is 26.8 Å². The molecule has 1 aromatic carbocycles. The second kappa shape index (κ2) is 6.36. The minimum absolute atomic E-state index is 0.108. The molecule has 0 saturated heterocycles. The summed E-state index contributed by atoms with van der Waals surface area (Å²) in [7, 11) is 3.26. The Morgan fingerprint density at radius 3 is 2.44 bits per heavy atom. The van der Waals surface area contributed by atoms with Crippen LogP contribution in [0.1, 0.15) is 51.5 Å². The first kappa shape index (κ1) is 17.8. The highest BCUT2D eigenvalue weighted by Gasteiger charge is 2.49. The molecule has 3 heteroatoms. The van der Waals surface area contributed by atoms with Gasteiger partial charge in [0, 0.05) is 5.41 Å². The third kappa shape index (κ3) is 2.90. The zero-order chi connectivity index (χ0) is 18.2. The highest BCUT2D eigenvalue weighted by Crippen LogP contribution is 2.58. The molecule has 0 spiro atoms. The van der Waals surface area contributed by atoms with E-state index in [9.17, 15) is 4.79 Å². The Labute approximate surface area is 150 Å². The fourth-order valence-electron chi connectivity index (χ4n) is 4.87. The van der Waals surface area contributed by atoms with Gasteiger partial charge in [-0.3, -0.25) is 4.79 Å². The van der Waals surface area contributed by atoms with Crippen LogP contribution in [0.25, 0.3) is 0 Å². The van der Waals surface area contributed by atoms with Gasteiger partial charge in [0.15, 0.2) is 17.3 Å². The molecule has 0 aliphatic heterocycles. The Morgan fingerprint density at radius 1 is 1.04 bits per heavy atom. The Hall–Kier alpha value is -2.03. The van der Waals surface area contributed by atoms with Gasteiger partial charge in [0.2, 0.25) is 0 Å². The lowest BCUT2D eigenvalue weighted by atomic mass is 9.54. The summed E-state index contributed by atoms with van der Waals surface area (Å²) < 4.78 is 10.8. The number of rotatable bonds is 3. The predicted octanol–water partition coefficient (Wildman–Crippen LogP) is 5.07. The summed E-state index contributed by atoms with van der Waals surface area (Å²) in [5.74, 6) is 1.33. The molecule has 0 bridgehead atoms. The molecular weight excluding hydrogens is 312 g/mol. The number of methoxy groups -OCH3 is 2. The van der Waals surface area contributed by atoms with E-state index < -0.39 is 0 Å². The maximum Gasteiger partial charge on any atom is 0.164 e. The van der Waals surface area contributed by atoms with Crippen molar-refractivity contribution in [2.75, 3.05) is 14.2 Å². The second-order valence-electron chi connectivity index (χ2n) is 8.04. The van der Waals surface area contributed by atoms with E-state index in [-0.39, 0.29) is 22.5 Å². The molecule has 1 aromatic rings. The van der Waals surface area contributed by atoms with Gasteiger partial charge in [-0.25, -0.2) is 0 Å². The van der Waals surface area contributed by atoms with Gasteiger partial charge in [-0.05, 0) is 42.0 Å². The molecule has 0 amide bonds. The van der Waals surface area contributed by atoms with E-state index in [0.717, 1.165) is 24.8 Å². The van der Waals surface area contributed by atoms with Crippen LogP contribution in [-0.2, 0) is 4.79 Å². The molecule has 2 atom stereocenters. The molecule has 3 nitrogen and oxygen atoms in total. The summed E-state index contributed by atoms with van der Waals surface area (Å²) in [5, 5.41) is 0. The normalized spacial score (nSPS) is 28.0. The average Bonchev–Trinajstić information content (AvgIpc) is 2.70.